The van der Waals surface area contributed by atoms with Crippen LogP contribution in [0.3, 0.4) is 0 Å². The zero-order valence-corrected chi connectivity index (χ0v) is 11.8. The zero-order valence-electron chi connectivity index (χ0n) is 11.8. The summed E-state index contributed by atoms with van der Waals surface area (Å²) in [7, 11) is 1.81. The Morgan fingerprint density at radius 2 is 2.05 bits per heavy atom. The quantitative estimate of drug-likeness (QED) is 0.848. The first-order chi connectivity index (χ1) is 8.70. The maximum Gasteiger partial charge on any atom is 0.328 e. The van der Waals surface area contributed by atoms with Gasteiger partial charge in [-0.25, -0.2) is 9.18 Å². The molecule has 0 heterocycles. The van der Waals surface area contributed by atoms with E-state index in [2.05, 4.69) is 20.8 Å². The Balaban J connectivity index is 3.14. The predicted molar refractivity (Wildman–Crippen MR) is 75.8 cm³/mol. The van der Waals surface area contributed by atoms with Crippen molar-refractivity contribution in [3.05, 3.63) is 35.7 Å². The van der Waals surface area contributed by atoms with Gasteiger partial charge < -0.3 is 10.0 Å². The van der Waals surface area contributed by atoms with Crippen LogP contribution in [-0.4, -0.2) is 24.7 Å². The standard InChI is InChI=1S/C15H20FNO2/c1-15(2,3)10-17(4)14-11(8-9-13(18)19)6-5-7-12(14)16/h5-9H,10H2,1-4H3,(H,18,19)/b9-8+. The van der Waals surface area contributed by atoms with Crippen LogP contribution in [0.2, 0.25) is 0 Å². The van der Waals surface area contributed by atoms with Crippen LogP contribution in [0.5, 0.6) is 0 Å². The number of benzene rings is 1. The number of nitrogens with zero attached hydrogens (tertiary/aromatic N) is 1. The fraction of sp³-hybridized carbons (Fsp3) is 0.400. The number of carboxylic acid groups (broad SMARTS) is 1. The van der Waals surface area contributed by atoms with Crippen molar-refractivity contribution in [2.75, 3.05) is 18.5 Å². The molecule has 0 saturated heterocycles. The van der Waals surface area contributed by atoms with E-state index in [4.69, 9.17) is 5.11 Å². The summed E-state index contributed by atoms with van der Waals surface area (Å²) in [4.78, 5) is 12.4. The Kier molecular flexibility index (Phi) is 4.70. The van der Waals surface area contributed by atoms with E-state index in [1.165, 1.54) is 12.1 Å². The van der Waals surface area contributed by atoms with E-state index in [9.17, 15) is 9.18 Å². The van der Waals surface area contributed by atoms with Crippen LogP contribution in [0, 0.1) is 11.2 Å². The van der Waals surface area contributed by atoms with Crippen molar-refractivity contribution >= 4 is 17.7 Å². The van der Waals surface area contributed by atoms with Gasteiger partial charge in [-0.2, -0.15) is 0 Å². The SMILES string of the molecule is CN(CC(C)(C)C)c1c(F)cccc1/C=C/C(=O)O. The first-order valence-corrected chi connectivity index (χ1v) is 6.11. The normalized spacial score (nSPS) is 11.8. The molecule has 0 saturated carbocycles. The van der Waals surface area contributed by atoms with Crippen molar-refractivity contribution < 1.29 is 14.3 Å². The molecule has 4 heteroatoms. The number of anilines is 1. The molecule has 0 aliphatic carbocycles. The monoisotopic (exact) mass is 265 g/mol. The smallest absolute Gasteiger partial charge is 0.328 e. The van der Waals surface area contributed by atoms with Gasteiger partial charge in [0.1, 0.15) is 5.82 Å². The van der Waals surface area contributed by atoms with Crippen LogP contribution >= 0.6 is 0 Å². The predicted octanol–water partition coefficient (Wildman–Crippen LogP) is 3.41. The molecule has 104 valence electrons. The largest absolute Gasteiger partial charge is 0.478 e. The molecule has 0 atom stereocenters. The lowest BCUT2D eigenvalue weighted by molar-refractivity contribution is -0.131. The summed E-state index contributed by atoms with van der Waals surface area (Å²) < 4.78 is 14.0. The van der Waals surface area contributed by atoms with E-state index in [-0.39, 0.29) is 11.2 Å². The number of hydrogen-bond acceptors (Lipinski definition) is 2. The fourth-order valence-electron chi connectivity index (χ4n) is 2.02. The second-order valence-electron chi connectivity index (χ2n) is 5.77. The molecule has 0 amide bonds. The highest BCUT2D eigenvalue weighted by Gasteiger charge is 2.18. The van der Waals surface area contributed by atoms with Crippen LogP contribution in [0.1, 0.15) is 26.3 Å². The number of hydrogen-bond donors (Lipinski definition) is 1. The Hall–Kier alpha value is -1.84. The lowest BCUT2D eigenvalue weighted by atomic mass is 9.95. The minimum atomic E-state index is -1.05. The summed E-state index contributed by atoms with van der Waals surface area (Å²) in [6, 6.07) is 4.66. The van der Waals surface area contributed by atoms with Gasteiger partial charge in [-0.3, -0.25) is 0 Å². The van der Waals surface area contributed by atoms with Crippen molar-refractivity contribution in [3.63, 3.8) is 0 Å². The van der Waals surface area contributed by atoms with Gasteiger partial charge in [0.2, 0.25) is 0 Å². The van der Waals surface area contributed by atoms with Crippen molar-refractivity contribution in [1.82, 2.24) is 0 Å². The Morgan fingerprint density at radius 3 is 2.58 bits per heavy atom. The average molecular weight is 265 g/mol. The van der Waals surface area contributed by atoms with Gasteiger partial charge in [0.05, 0.1) is 5.69 Å². The summed E-state index contributed by atoms with van der Waals surface area (Å²) in [6.45, 7) is 6.87. The lowest BCUT2D eigenvalue weighted by Crippen LogP contribution is -2.30. The summed E-state index contributed by atoms with van der Waals surface area (Å²) in [6.07, 6.45) is 2.43. The van der Waals surface area contributed by atoms with E-state index < -0.39 is 5.97 Å². The highest BCUT2D eigenvalue weighted by molar-refractivity contribution is 5.87. The Bertz CT molecular complexity index is 489. The van der Waals surface area contributed by atoms with Gasteiger partial charge in [-0.1, -0.05) is 32.9 Å². The third-order valence-corrected chi connectivity index (χ3v) is 2.52. The van der Waals surface area contributed by atoms with Gasteiger partial charge in [0.25, 0.3) is 0 Å². The molecule has 19 heavy (non-hydrogen) atoms. The second kappa shape index (κ2) is 5.87. The van der Waals surface area contributed by atoms with Crippen molar-refractivity contribution in [2.45, 2.75) is 20.8 Å². The van der Waals surface area contributed by atoms with Gasteiger partial charge in [0, 0.05) is 25.2 Å². The van der Waals surface area contributed by atoms with Crippen LogP contribution in [-0.2, 0) is 4.79 Å². The molecule has 0 aliphatic rings. The van der Waals surface area contributed by atoms with E-state index in [1.807, 2.05) is 11.9 Å². The van der Waals surface area contributed by atoms with Crippen molar-refractivity contribution in [1.29, 1.82) is 0 Å². The van der Waals surface area contributed by atoms with E-state index in [0.717, 1.165) is 6.08 Å². The second-order valence-corrected chi connectivity index (χ2v) is 5.77. The Labute approximate surface area is 113 Å². The minimum Gasteiger partial charge on any atom is -0.478 e. The van der Waals surface area contributed by atoms with Crippen LogP contribution in [0.15, 0.2) is 24.3 Å². The maximum atomic E-state index is 14.0. The molecule has 0 fully saturated rings. The van der Waals surface area contributed by atoms with Crippen LogP contribution in [0.4, 0.5) is 10.1 Å². The highest BCUT2D eigenvalue weighted by Crippen LogP contribution is 2.27. The van der Waals surface area contributed by atoms with Gasteiger partial charge in [0.15, 0.2) is 0 Å². The summed E-state index contributed by atoms with van der Waals surface area (Å²) in [5.41, 5.74) is 1.01. The molecular formula is C15H20FNO2. The topological polar surface area (TPSA) is 40.5 Å². The van der Waals surface area contributed by atoms with Crippen LogP contribution < -0.4 is 4.90 Å². The van der Waals surface area contributed by atoms with Crippen molar-refractivity contribution in [3.8, 4) is 0 Å². The third-order valence-electron chi connectivity index (χ3n) is 2.52. The number of rotatable bonds is 4. The highest BCUT2D eigenvalue weighted by atomic mass is 19.1. The fourth-order valence-corrected chi connectivity index (χ4v) is 2.02. The molecular weight excluding hydrogens is 245 g/mol. The average Bonchev–Trinajstić information content (AvgIpc) is 2.23. The first-order valence-electron chi connectivity index (χ1n) is 6.11. The molecule has 0 spiro atoms. The molecule has 1 N–H and O–H groups in total. The van der Waals surface area contributed by atoms with Crippen LogP contribution in [0.25, 0.3) is 6.08 Å². The summed E-state index contributed by atoms with van der Waals surface area (Å²) in [5, 5.41) is 8.67. The first kappa shape index (κ1) is 15.2. The van der Waals surface area contributed by atoms with E-state index >= 15 is 0 Å². The number of carboxylic acids is 1. The molecule has 3 nitrogen and oxygen atoms in total. The minimum absolute atomic E-state index is 0.0187. The lowest BCUT2D eigenvalue weighted by Gasteiger charge is -2.29. The Morgan fingerprint density at radius 1 is 1.42 bits per heavy atom. The molecule has 0 bridgehead atoms. The molecule has 0 unspecified atom stereocenters. The summed E-state index contributed by atoms with van der Waals surface area (Å²) >= 11 is 0. The van der Waals surface area contributed by atoms with Gasteiger partial charge in [-0.05, 0) is 17.6 Å². The van der Waals surface area contributed by atoms with Crippen molar-refractivity contribution in [2.24, 2.45) is 5.41 Å². The molecule has 1 aromatic carbocycles. The van der Waals surface area contributed by atoms with E-state index in [0.29, 0.717) is 17.8 Å². The maximum absolute atomic E-state index is 14.0. The summed E-state index contributed by atoms with van der Waals surface area (Å²) in [5.74, 6) is -1.40. The van der Waals surface area contributed by atoms with Gasteiger partial charge >= 0.3 is 5.97 Å². The molecule has 0 aromatic heterocycles. The van der Waals surface area contributed by atoms with E-state index in [1.54, 1.807) is 12.1 Å². The number of halogens is 1. The molecule has 0 aliphatic heterocycles. The number of carbonyl (C=O) groups is 1. The van der Waals surface area contributed by atoms with Gasteiger partial charge in [-0.15, -0.1) is 0 Å². The number of para-hydroxylation sites is 1. The zero-order chi connectivity index (χ0) is 14.6. The molecule has 1 rings (SSSR count). The number of aliphatic carboxylic acids is 1. The molecule has 1 aromatic rings. The molecule has 0 radical (unpaired) electrons. The third kappa shape index (κ3) is 4.73.